The molecule has 0 atom stereocenters. The Labute approximate surface area is 124 Å². The van der Waals surface area contributed by atoms with E-state index in [0.717, 1.165) is 12.3 Å². The van der Waals surface area contributed by atoms with Crippen molar-refractivity contribution in [1.82, 2.24) is 4.98 Å². The number of methoxy groups -OCH3 is 2. The summed E-state index contributed by atoms with van der Waals surface area (Å²) in [5.41, 5.74) is -0.306. The van der Waals surface area contributed by atoms with Crippen molar-refractivity contribution >= 4 is 35.0 Å². The number of carbonyl (C=O) groups is 2. The van der Waals surface area contributed by atoms with Crippen LogP contribution in [-0.4, -0.2) is 49.2 Å². The van der Waals surface area contributed by atoms with Gasteiger partial charge in [0.15, 0.2) is 0 Å². The minimum atomic E-state index is -0.659. The smallest absolute Gasteiger partial charge is 0.325 e. The van der Waals surface area contributed by atoms with E-state index in [-0.39, 0.29) is 29.6 Å². The Morgan fingerprint density at radius 1 is 1.33 bits per heavy atom. The molecule has 1 aromatic rings. The van der Waals surface area contributed by atoms with E-state index in [9.17, 15) is 19.7 Å². The van der Waals surface area contributed by atoms with Gasteiger partial charge >= 0.3 is 11.9 Å². The zero-order valence-electron chi connectivity index (χ0n) is 11.2. The van der Waals surface area contributed by atoms with Crippen LogP contribution in [0.1, 0.15) is 0 Å². The predicted octanol–water partition coefficient (Wildman–Crippen LogP) is 0.796. The number of halogens is 1. The van der Waals surface area contributed by atoms with Crippen LogP contribution in [0, 0.1) is 10.1 Å². The molecule has 1 rings (SSSR count). The first-order valence-electron chi connectivity index (χ1n) is 5.57. The summed E-state index contributed by atoms with van der Waals surface area (Å²) in [7, 11) is 2.37. The molecule has 0 saturated heterocycles. The Kier molecular flexibility index (Phi) is 5.85. The van der Waals surface area contributed by atoms with Gasteiger partial charge < -0.3 is 14.4 Å². The third-order valence-electron chi connectivity index (χ3n) is 2.41. The standard InChI is InChI=1S/C11H12ClN3O6/c1-20-9(16)5-14(6-10(17)21-2)11-8(12)3-7(4-13-11)15(18)19/h3-4H,5-6H2,1-2H3. The van der Waals surface area contributed by atoms with E-state index in [0.29, 0.717) is 0 Å². The van der Waals surface area contributed by atoms with E-state index >= 15 is 0 Å². The summed E-state index contributed by atoms with van der Waals surface area (Å²) in [4.78, 5) is 37.7. The number of ether oxygens (including phenoxy) is 2. The molecule has 0 radical (unpaired) electrons. The van der Waals surface area contributed by atoms with Gasteiger partial charge in [0.2, 0.25) is 0 Å². The van der Waals surface area contributed by atoms with E-state index in [1.165, 1.54) is 19.1 Å². The number of nitrogens with zero attached hydrogens (tertiary/aromatic N) is 3. The summed E-state index contributed by atoms with van der Waals surface area (Å²) in [6.07, 6.45) is 0.975. The van der Waals surface area contributed by atoms with Crippen LogP contribution in [0.4, 0.5) is 11.5 Å². The highest BCUT2D eigenvalue weighted by molar-refractivity contribution is 6.33. The molecule has 0 aliphatic rings. The van der Waals surface area contributed by atoms with Gasteiger partial charge in [-0.15, -0.1) is 0 Å². The van der Waals surface area contributed by atoms with Gasteiger partial charge in [-0.1, -0.05) is 11.6 Å². The summed E-state index contributed by atoms with van der Waals surface area (Å²) in [5.74, 6) is -1.22. The second-order valence-electron chi connectivity index (χ2n) is 3.76. The maximum Gasteiger partial charge on any atom is 0.325 e. The number of rotatable bonds is 6. The SMILES string of the molecule is COC(=O)CN(CC(=O)OC)c1ncc([N+](=O)[O-])cc1Cl. The molecule has 21 heavy (non-hydrogen) atoms. The van der Waals surface area contributed by atoms with Gasteiger partial charge in [0, 0.05) is 6.07 Å². The Morgan fingerprint density at radius 2 is 1.86 bits per heavy atom. The molecule has 114 valence electrons. The molecule has 0 amide bonds. The Balaban J connectivity index is 3.09. The fourth-order valence-corrected chi connectivity index (χ4v) is 1.68. The summed E-state index contributed by atoms with van der Waals surface area (Å²) in [6.45, 7) is -0.619. The minimum Gasteiger partial charge on any atom is -0.468 e. The van der Waals surface area contributed by atoms with E-state index in [1.54, 1.807) is 0 Å². The fraction of sp³-hybridized carbons (Fsp3) is 0.364. The monoisotopic (exact) mass is 317 g/mol. The van der Waals surface area contributed by atoms with Crippen LogP contribution in [0.2, 0.25) is 5.02 Å². The number of anilines is 1. The van der Waals surface area contributed by atoms with Gasteiger partial charge in [0.1, 0.15) is 25.1 Å². The van der Waals surface area contributed by atoms with Gasteiger partial charge in [-0.3, -0.25) is 19.7 Å². The van der Waals surface area contributed by atoms with E-state index in [2.05, 4.69) is 14.5 Å². The Hall–Kier alpha value is -2.42. The molecule has 10 heteroatoms. The lowest BCUT2D eigenvalue weighted by Crippen LogP contribution is -2.36. The van der Waals surface area contributed by atoms with Crippen LogP contribution in [-0.2, 0) is 19.1 Å². The number of hydrogen-bond acceptors (Lipinski definition) is 8. The third kappa shape index (κ3) is 4.56. The lowest BCUT2D eigenvalue weighted by atomic mass is 10.3. The van der Waals surface area contributed by atoms with Crippen molar-refractivity contribution in [2.75, 3.05) is 32.2 Å². The maximum absolute atomic E-state index is 11.4. The highest BCUT2D eigenvalue weighted by Crippen LogP contribution is 2.27. The number of pyridine rings is 1. The molecule has 1 aromatic heterocycles. The number of aromatic nitrogens is 1. The van der Waals surface area contributed by atoms with Crippen LogP contribution in [0.15, 0.2) is 12.3 Å². The summed E-state index contributed by atoms with van der Waals surface area (Å²) >= 11 is 5.91. The molecule has 0 bridgehead atoms. The topological polar surface area (TPSA) is 112 Å². The van der Waals surface area contributed by atoms with E-state index in [4.69, 9.17) is 11.6 Å². The molecular weight excluding hydrogens is 306 g/mol. The van der Waals surface area contributed by atoms with Crippen molar-refractivity contribution in [3.8, 4) is 0 Å². The summed E-state index contributed by atoms with van der Waals surface area (Å²) in [6, 6.07) is 1.07. The molecule has 0 spiro atoms. The zero-order chi connectivity index (χ0) is 16.0. The van der Waals surface area contributed by atoms with Crippen molar-refractivity contribution in [1.29, 1.82) is 0 Å². The zero-order valence-corrected chi connectivity index (χ0v) is 12.0. The molecule has 9 nitrogen and oxygen atoms in total. The van der Waals surface area contributed by atoms with Crippen molar-refractivity contribution in [3.05, 3.63) is 27.4 Å². The normalized spacial score (nSPS) is 9.86. The van der Waals surface area contributed by atoms with Crippen molar-refractivity contribution in [2.45, 2.75) is 0 Å². The van der Waals surface area contributed by atoms with Crippen LogP contribution < -0.4 is 4.90 Å². The number of carbonyl (C=O) groups excluding carboxylic acids is 2. The summed E-state index contributed by atoms with van der Waals surface area (Å²) in [5, 5.41) is 10.6. The average Bonchev–Trinajstić information content (AvgIpc) is 2.45. The second kappa shape index (κ2) is 7.39. The van der Waals surface area contributed by atoms with Crippen molar-refractivity contribution < 1.29 is 24.0 Å². The fourth-order valence-electron chi connectivity index (χ4n) is 1.40. The van der Waals surface area contributed by atoms with Crippen LogP contribution in [0.3, 0.4) is 0 Å². The molecule has 0 unspecified atom stereocenters. The van der Waals surface area contributed by atoms with Gasteiger partial charge in [-0.25, -0.2) is 4.98 Å². The molecule has 0 aliphatic heterocycles. The third-order valence-corrected chi connectivity index (χ3v) is 2.69. The Morgan fingerprint density at radius 3 is 2.24 bits per heavy atom. The molecule has 0 saturated carbocycles. The minimum absolute atomic E-state index is 0.0399. The maximum atomic E-state index is 11.4. The molecule has 1 heterocycles. The lowest BCUT2D eigenvalue weighted by Gasteiger charge is -2.21. The number of esters is 2. The highest BCUT2D eigenvalue weighted by atomic mass is 35.5. The lowest BCUT2D eigenvalue weighted by molar-refractivity contribution is -0.385. The molecule has 0 fully saturated rings. The quantitative estimate of drug-likeness (QED) is 0.430. The Bertz CT molecular complexity index is 547. The van der Waals surface area contributed by atoms with E-state index in [1.807, 2.05) is 0 Å². The molecule has 0 N–H and O–H groups in total. The molecule has 0 aromatic carbocycles. The number of nitro groups is 1. The van der Waals surface area contributed by atoms with E-state index < -0.39 is 16.9 Å². The predicted molar refractivity (Wildman–Crippen MR) is 72.1 cm³/mol. The van der Waals surface area contributed by atoms with Gasteiger partial charge in [-0.2, -0.15) is 0 Å². The average molecular weight is 318 g/mol. The van der Waals surface area contributed by atoms with Crippen LogP contribution in [0.5, 0.6) is 0 Å². The van der Waals surface area contributed by atoms with Gasteiger partial charge in [0.05, 0.1) is 24.2 Å². The number of hydrogen-bond donors (Lipinski definition) is 0. The first kappa shape index (κ1) is 16.6. The highest BCUT2D eigenvalue weighted by Gasteiger charge is 2.21. The van der Waals surface area contributed by atoms with Crippen LogP contribution >= 0.6 is 11.6 Å². The first-order valence-corrected chi connectivity index (χ1v) is 5.95. The largest absolute Gasteiger partial charge is 0.468 e. The van der Waals surface area contributed by atoms with Crippen molar-refractivity contribution in [2.24, 2.45) is 0 Å². The van der Waals surface area contributed by atoms with Crippen molar-refractivity contribution in [3.63, 3.8) is 0 Å². The second-order valence-corrected chi connectivity index (χ2v) is 4.17. The molecule has 0 aliphatic carbocycles. The van der Waals surface area contributed by atoms with Crippen LogP contribution in [0.25, 0.3) is 0 Å². The van der Waals surface area contributed by atoms with Gasteiger partial charge in [0.25, 0.3) is 5.69 Å². The molecular formula is C11H12ClN3O6. The summed E-state index contributed by atoms with van der Waals surface area (Å²) < 4.78 is 9.01. The van der Waals surface area contributed by atoms with Gasteiger partial charge in [-0.05, 0) is 0 Å². The first-order chi connectivity index (χ1) is 9.88.